The lowest BCUT2D eigenvalue weighted by atomic mass is 10.1. The van der Waals surface area contributed by atoms with Gasteiger partial charge in [0.2, 0.25) is 0 Å². The number of nitro groups is 1. The van der Waals surface area contributed by atoms with Crippen molar-refractivity contribution in [2.75, 3.05) is 18.5 Å². The van der Waals surface area contributed by atoms with Crippen LogP contribution in [-0.2, 0) is 9.47 Å². The molecule has 0 bridgehead atoms. The molecule has 1 N–H and O–H groups in total. The van der Waals surface area contributed by atoms with E-state index in [0.717, 1.165) is 0 Å². The molecule has 0 aliphatic heterocycles. The van der Waals surface area contributed by atoms with Crippen LogP contribution < -0.4 is 5.32 Å². The molecule has 0 saturated heterocycles. The van der Waals surface area contributed by atoms with Crippen LogP contribution >= 0.6 is 0 Å². The molecule has 2 rings (SSSR count). The zero-order chi connectivity index (χ0) is 21.6. The highest BCUT2D eigenvalue weighted by molar-refractivity contribution is 6.08. The molecule has 9 nitrogen and oxygen atoms in total. The van der Waals surface area contributed by atoms with Crippen LogP contribution in [0.25, 0.3) is 0 Å². The Bertz CT molecular complexity index is 933. The van der Waals surface area contributed by atoms with Gasteiger partial charge >= 0.3 is 11.9 Å². The first-order valence-electron chi connectivity index (χ1n) is 8.83. The summed E-state index contributed by atoms with van der Waals surface area (Å²) in [4.78, 5) is 47.5. The average Bonchev–Trinajstić information content (AvgIpc) is 2.67. The van der Waals surface area contributed by atoms with Crippen LogP contribution in [0.4, 0.5) is 11.4 Å². The highest BCUT2D eigenvalue weighted by atomic mass is 16.6. The molecule has 0 atom stereocenters. The van der Waals surface area contributed by atoms with Gasteiger partial charge in [-0.25, -0.2) is 9.59 Å². The largest absolute Gasteiger partial charge is 0.462 e. The predicted octanol–water partition coefficient (Wildman–Crippen LogP) is 3.51. The SMILES string of the molecule is CCOC(=O)c1cc(NC(=O)c2cccc(C)c2[N+](=O)[O-])cc(C(=O)OCC)c1. The number of nitro benzene ring substituents is 1. The minimum absolute atomic E-state index is 0.0337. The Kier molecular flexibility index (Phi) is 7.02. The summed E-state index contributed by atoms with van der Waals surface area (Å²) in [6.45, 7) is 5.04. The third kappa shape index (κ3) is 5.16. The van der Waals surface area contributed by atoms with Crippen LogP contribution in [0.1, 0.15) is 50.5 Å². The molecule has 0 radical (unpaired) electrons. The number of carbonyl (C=O) groups is 3. The van der Waals surface area contributed by atoms with E-state index in [1.807, 2.05) is 0 Å². The third-order valence-electron chi connectivity index (χ3n) is 3.88. The van der Waals surface area contributed by atoms with E-state index >= 15 is 0 Å². The summed E-state index contributed by atoms with van der Waals surface area (Å²) in [5.41, 5.74) is 0.0267. The molecular weight excluding hydrogens is 380 g/mol. The highest BCUT2D eigenvalue weighted by Crippen LogP contribution is 2.25. The molecule has 2 aromatic carbocycles. The first-order chi connectivity index (χ1) is 13.8. The molecular formula is C20H20N2O7. The average molecular weight is 400 g/mol. The number of aryl methyl sites for hydroxylation is 1. The van der Waals surface area contributed by atoms with Gasteiger partial charge in [-0.15, -0.1) is 0 Å². The maximum Gasteiger partial charge on any atom is 0.338 e. The number of esters is 2. The second-order valence-corrected chi connectivity index (χ2v) is 5.92. The van der Waals surface area contributed by atoms with E-state index in [1.165, 1.54) is 43.3 Å². The molecule has 0 aliphatic carbocycles. The normalized spacial score (nSPS) is 10.2. The Balaban J connectivity index is 2.45. The number of carbonyl (C=O) groups excluding carboxylic acids is 3. The Hall–Kier alpha value is -3.75. The number of hydrogen-bond donors (Lipinski definition) is 1. The topological polar surface area (TPSA) is 125 Å². The van der Waals surface area contributed by atoms with Crippen LogP contribution in [0.3, 0.4) is 0 Å². The first kappa shape index (κ1) is 21.5. The molecule has 0 heterocycles. The Morgan fingerprint density at radius 2 is 1.55 bits per heavy atom. The van der Waals surface area contributed by atoms with E-state index in [1.54, 1.807) is 13.8 Å². The number of nitrogens with zero attached hydrogens (tertiary/aromatic N) is 1. The van der Waals surface area contributed by atoms with Gasteiger partial charge in [-0.3, -0.25) is 14.9 Å². The molecule has 29 heavy (non-hydrogen) atoms. The number of rotatable bonds is 7. The van der Waals surface area contributed by atoms with E-state index in [4.69, 9.17) is 9.47 Å². The summed E-state index contributed by atoms with van der Waals surface area (Å²) >= 11 is 0. The second kappa shape index (κ2) is 9.45. The molecule has 0 fully saturated rings. The van der Waals surface area contributed by atoms with Crippen molar-refractivity contribution >= 4 is 29.2 Å². The van der Waals surface area contributed by atoms with E-state index in [0.29, 0.717) is 5.56 Å². The van der Waals surface area contributed by atoms with Gasteiger partial charge in [0.25, 0.3) is 11.6 Å². The molecule has 0 saturated carbocycles. The van der Waals surface area contributed by atoms with Gasteiger partial charge in [0.05, 0.1) is 29.3 Å². The number of amides is 1. The van der Waals surface area contributed by atoms with Crippen LogP contribution in [0.2, 0.25) is 0 Å². The molecule has 0 aromatic heterocycles. The van der Waals surface area contributed by atoms with Crippen molar-refractivity contribution in [1.82, 2.24) is 0 Å². The molecule has 2 aromatic rings. The molecule has 152 valence electrons. The number of para-hydroxylation sites is 1. The standard InChI is InChI=1S/C20H20N2O7/c1-4-28-19(24)13-9-14(20(25)29-5-2)11-15(10-13)21-18(23)16-8-6-7-12(3)17(16)22(26)27/h6-11H,4-5H2,1-3H3,(H,21,23). The van der Waals surface area contributed by atoms with Crippen molar-refractivity contribution in [2.24, 2.45) is 0 Å². The monoisotopic (exact) mass is 400 g/mol. The summed E-state index contributed by atoms with van der Waals surface area (Å²) < 4.78 is 9.88. The van der Waals surface area contributed by atoms with Gasteiger partial charge in [-0.1, -0.05) is 12.1 Å². The lowest BCUT2D eigenvalue weighted by molar-refractivity contribution is -0.385. The molecule has 9 heteroatoms. The lowest BCUT2D eigenvalue weighted by Crippen LogP contribution is -2.16. The minimum Gasteiger partial charge on any atom is -0.462 e. The highest BCUT2D eigenvalue weighted by Gasteiger charge is 2.23. The molecule has 0 aliphatic rings. The predicted molar refractivity (Wildman–Crippen MR) is 104 cm³/mol. The third-order valence-corrected chi connectivity index (χ3v) is 3.88. The number of hydrogen-bond acceptors (Lipinski definition) is 7. The number of nitrogens with one attached hydrogen (secondary N) is 1. The van der Waals surface area contributed by atoms with Gasteiger partial charge in [0.1, 0.15) is 5.56 Å². The fraction of sp³-hybridized carbons (Fsp3) is 0.250. The summed E-state index contributed by atoms with van der Waals surface area (Å²) in [5, 5.41) is 13.8. The maximum absolute atomic E-state index is 12.7. The van der Waals surface area contributed by atoms with Crippen molar-refractivity contribution < 1.29 is 28.8 Å². The number of ether oxygens (including phenoxy) is 2. The summed E-state index contributed by atoms with van der Waals surface area (Å²) in [5.74, 6) is -2.12. The fourth-order valence-corrected chi connectivity index (χ4v) is 2.65. The van der Waals surface area contributed by atoms with Crippen LogP contribution in [0.5, 0.6) is 0 Å². The molecule has 0 spiro atoms. The second-order valence-electron chi connectivity index (χ2n) is 5.92. The van der Waals surface area contributed by atoms with E-state index in [9.17, 15) is 24.5 Å². The number of anilines is 1. The van der Waals surface area contributed by atoms with Gasteiger partial charge in [0.15, 0.2) is 0 Å². The van der Waals surface area contributed by atoms with Crippen LogP contribution in [0.15, 0.2) is 36.4 Å². The quantitative estimate of drug-likeness (QED) is 0.428. The number of benzene rings is 2. The Morgan fingerprint density at radius 1 is 1.00 bits per heavy atom. The molecule has 0 unspecified atom stereocenters. The van der Waals surface area contributed by atoms with Crippen molar-refractivity contribution in [3.8, 4) is 0 Å². The summed E-state index contributed by atoms with van der Waals surface area (Å²) in [7, 11) is 0. The van der Waals surface area contributed by atoms with Crippen molar-refractivity contribution in [2.45, 2.75) is 20.8 Å². The molecule has 1 amide bonds. The zero-order valence-corrected chi connectivity index (χ0v) is 16.2. The van der Waals surface area contributed by atoms with Gasteiger partial charge in [-0.05, 0) is 45.0 Å². The fourth-order valence-electron chi connectivity index (χ4n) is 2.65. The summed E-state index contributed by atoms with van der Waals surface area (Å²) in [6.07, 6.45) is 0. The summed E-state index contributed by atoms with van der Waals surface area (Å²) in [6, 6.07) is 8.30. The van der Waals surface area contributed by atoms with Gasteiger partial charge < -0.3 is 14.8 Å². The zero-order valence-electron chi connectivity index (χ0n) is 16.2. The van der Waals surface area contributed by atoms with E-state index in [2.05, 4.69) is 5.32 Å². The van der Waals surface area contributed by atoms with Gasteiger partial charge in [0, 0.05) is 11.3 Å². The maximum atomic E-state index is 12.7. The smallest absolute Gasteiger partial charge is 0.338 e. The Morgan fingerprint density at radius 3 is 2.03 bits per heavy atom. The first-order valence-corrected chi connectivity index (χ1v) is 8.83. The van der Waals surface area contributed by atoms with Crippen LogP contribution in [0, 0.1) is 17.0 Å². The van der Waals surface area contributed by atoms with Crippen molar-refractivity contribution in [3.63, 3.8) is 0 Å². The lowest BCUT2D eigenvalue weighted by Gasteiger charge is -2.11. The van der Waals surface area contributed by atoms with Crippen molar-refractivity contribution in [1.29, 1.82) is 0 Å². The Labute approximate surface area is 166 Å². The van der Waals surface area contributed by atoms with E-state index < -0.39 is 22.8 Å². The van der Waals surface area contributed by atoms with E-state index in [-0.39, 0.29) is 41.3 Å². The van der Waals surface area contributed by atoms with Gasteiger partial charge in [-0.2, -0.15) is 0 Å². The van der Waals surface area contributed by atoms with Crippen LogP contribution in [-0.4, -0.2) is 36.0 Å². The minimum atomic E-state index is -0.754. The van der Waals surface area contributed by atoms with Crippen molar-refractivity contribution in [3.05, 3.63) is 68.8 Å².